The number of hydrogen-bond donors (Lipinski definition) is 2. The van der Waals surface area contributed by atoms with Crippen LogP contribution in [0.1, 0.15) is 51.0 Å². The molecule has 0 aliphatic carbocycles. The topological polar surface area (TPSA) is 41.1 Å². The zero-order valence-corrected chi connectivity index (χ0v) is 12.4. The smallest absolute Gasteiger partial charge is 0.229 e. The molecular formula is C17H24N2O. The zero-order chi connectivity index (χ0) is 14.1. The average Bonchev–Trinajstić information content (AvgIpc) is 3.10. The second kappa shape index (κ2) is 5.57. The predicted molar refractivity (Wildman–Crippen MR) is 81.8 cm³/mol. The first kappa shape index (κ1) is 13.6. The van der Waals surface area contributed by atoms with Crippen molar-refractivity contribution in [1.82, 2.24) is 5.32 Å². The van der Waals surface area contributed by atoms with E-state index < -0.39 is 0 Å². The van der Waals surface area contributed by atoms with Crippen LogP contribution in [-0.2, 0) is 4.79 Å². The third-order valence-corrected chi connectivity index (χ3v) is 5.00. The van der Waals surface area contributed by atoms with Gasteiger partial charge in [-0.2, -0.15) is 0 Å². The molecule has 1 amide bonds. The first-order valence-electron chi connectivity index (χ1n) is 7.84. The number of rotatable bonds is 4. The molecule has 2 fully saturated rings. The summed E-state index contributed by atoms with van der Waals surface area (Å²) in [7, 11) is 0. The van der Waals surface area contributed by atoms with Gasteiger partial charge >= 0.3 is 0 Å². The van der Waals surface area contributed by atoms with Gasteiger partial charge in [0.05, 0.1) is 5.92 Å². The Morgan fingerprint density at radius 2 is 2.10 bits per heavy atom. The van der Waals surface area contributed by atoms with Crippen molar-refractivity contribution in [3.05, 3.63) is 29.8 Å². The second-order valence-corrected chi connectivity index (χ2v) is 6.31. The fourth-order valence-corrected chi connectivity index (χ4v) is 3.48. The van der Waals surface area contributed by atoms with E-state index in [9.17, 15) is 4.79 Å². The van der Waals surface area contributed by atoms with Gasteiger partial charge in [0, 0.05) is 17.8 Å². The van der Waals surface area contributed by atoms with Crippen LogP contribution in [0.5, 0.6) is 0 Å². The van der Waals surface area contributed by atoms with Crippen molar-refractivity contribution in [2.75, 3.05) is 5.32 Å². The molecule has 2 aliphatic heterocycles. The van der Waals surface area contributed by atoms with Gasteiger partial charge in [-0.15, -0.1) is 0 Å². The fourth-order valence-electron chi connectivity index (χ4n) is 3.48. The maximum Gasteiger partial charge on any atom is 0.229 e. The minimum absolute atomic E-state index is 0.156. The molecule has 3 rings (SSSR count). The van der Waals surface area contributed by atoms with Crippen molar-refractivity contribution in [3.63, 3.8) is 0 Å². The average molecular weight is 272 g/mol. The molecule has 4 atom stereocenters. The molecule has 1 aromatic carbocycles. The zero-order valence-electron chi connectivity index (χ0n) is 12.4. The number of nitrogens with one attached hydrogen (secondary N) is 2. The van der Waals surface area contributed by atoms with E-state index in [-0.39, 0.29) is 11.8 Å². The van der Waals surface area contributed by atoms with Crippen LogP contribution in [0.15, 0.2) is 24.3 Å². The normalized spacial score (nSPS) is 29.4. The molecule has 0 spiro atoms. The molecule has 2 saturated heterocycles. The molecule has 3 heteroatoms. The highest BCUT2D eigenvalue weighted by molar-refractivity contribution is 5.93. The molecular weight excluding hydrogens is 248 g/mol. The number of fused-ring (bicyclic) bond motifs is 2. The standard InChI is InChI=1S/C17H24N2O/c1-3-11(2)12-4-6-13(7-5-12)19-17(20)15-10-14-8-9-16(15)18-14/h4-7,11,14-16,18H,3,8-10H2,1-2H3,(H,19,20). The summed E-state index contributed by atoms with van der Waals surface area (Å²) in [4.78, 5) is 12.3. The molecule has 2 bridgehead atoms. The van der Waals surface area contributed by atoms with Gasteiger partial charge in [0.25, 0.3) is 0 Å². The van der Waals surface area contributed by atoms with Gasteiger partial charge in [0.2, 0.25) is 5.91 Å². The van der Waals surface area contributed by atoms with Crippen molar-refractivity contribution in [2.24, 2.45) is 5.92 Å². The summed E-state index contributed by atoms with van der Waals surface area (Å²) in [5.74, 6) is 0.915. The highest BCUT2D eigenvalue weighted by Gasteiger charge is 2.42. The van der Waals surface area contributed by atoms with Crippen molar-refractivity contribution >= 4 is 11.6 Å². The van der Waals surface area contributed by atoms with Crippen LogP contribution < -0.4 is 10.6 Å². The highest BCUT2D eigenvalue weighted by atomic mass is 16.2. The SMILES string of the molecule is CCC(C)c1ccc(NC(=O)C2CC3CCC2N3)cc1. The van der Waals surface area contributed by atoms with Gasteiger partial charge < -0.3 is 10.6 Å². The summed E-state index contributed by atoms with van der Waals surface area (Å²) in [6.45, 7) is 4.43. The maximum atomic E-state index is 12.3. The Morgan fingerprint density at radius 3 is 2.65 bits per heavy atom. The lowest BCUT2D eigenvalue weighted by Crippen LogP contribution is -2.32. The summed E-state index contributed by atoms with van der Waals surface area (Å²) in [6, 6.07) is 9.29. The Labute approximate surface area is 121 Å². The largest absolute Gasteiger partial charge is 0.326 e. The van der Waals surface area contributed by atoms with Crippen molar-refractivity contribution in [3.8, 4) is 0 Å². The summed E-state index contributed by atoms with van der Waals surface area (Å²) >= 11 is 0. The van der Waals surface area contributed by atoms with Gasteiger partial charge in [0.15, 0.2) is 0 Å². The summed E-state index contributed by atoms with van der Waals surface area (Å²) in [6.07, 6.45) is 4.53. The lowest BCUT2D eigenvalue weighted by molar-refractivity contribution is -0.120. The van der Waals surface area contributed by atoms with Crippen molar-refractivity contribution in [1.29, 1.82) is 0 Å². The quantitative estimate of drug-likeness (QED) is 0.883. The van der Waals surface area contributed by atoms with Crippen LogP contribution in [0, 0.1) is 5.92 Å². The number of benzene rings is 1. The number of hydrogen-bond acceptors (Lipinski definition) is 2. The predicted octanol–water partition coefficient (Wildman–Crippen LogP) is 3.28. The Morgan fingerprint density at radius 1 is 1.35 bits per heavy atom. The van der Waals surface area contributed by atoms with Crippen LogP contribution in [0.2, 0.25) is 0 Å². The number of anilines is 1. The van der Waals surface area contributed by atoms with Crippen molar-refractivity contribution < 1.29 is 4.79 Å². The molecule has 2 heterocycles. The first-order chi connectivity index (χ1) is 9.67. The first-order valence-corrected chi connectivity index (χ1v) is 7.84. The second-order valence-electron chi connectivity index (χ2n) is 6.31. The molecule has 108 valence electrons. The third-order valence-electron chi connectivity index (χ3n) is 5.00. The number of carbonyl (C=O) groups excluding carboxylic acids is 1. The van der Waals surface area contributed by atoms with Crippen LogP contribution in [0.4, 0.5) is 5.69 Å². The monoisotopic (exact) mass is 272 g/mol. The Kier molecular flexibility index (Phi) is 3.79. The van der Waals surface area contributed by atoms with Crippen LogP contribution in [0.25, 0.3) is 0 Å². The fraction of sp³-hybridized carbons (Fsp3) is 0.588. The Hall–Kier alpha value is -1.35. The van der Waals surface area contributed by atoms with Crippen LogP contribution in [0.3, 0.4) is 0 Å². The van der Waals surface area contributed by atoms with E-state index in [1.54, 1.807) is 0 Å². The molecule has 0 aromatic heterocycles. The van der Waals surface area contributed by atoms with E-state index in [2.05, 4.69) is 36.6 Å². The molecule has 3 nitrogen and oxygen atoms in total. The number of carbonyl (C=O) groups is 1. The molecule has 20 heavy (non-hydrogen) atoms. The molecule has 1 aromatic rings. The van der Waals surface area contributed by atoms with E-state index in [0.717, 1.165) is 24.9 Å². The summed E-state index contributed by atoms with van der Waals surface area (Å²) in [5, 5.41) is 6.59. The molecule has 0 radical (unpaired) electrons. The van der Waals surface area contributed by atoms with E-state index in [4.69, 9.17) is 0 Å². The molecule has 4 unspecified atom stereocenters. The van der Waals surface area contributed by atoms with Crippen molar-refractivity contribution in [2.45, 2.75) is 57.5 Å². The third kappa shape index (κ3) is 2.59. The maximum absolute atomic E-state index is 12.3. The van der Waals surface area contributed by atoms with Gasteiger partial charge in [-0.1, -0.05) is 26.0 Å². The molecule has 2 aliphatic rings. The van der Waals surface area contributed by atoms with E-state index >= 15 is 0 Å². The van der Waals surface area contributed by atoms with Gasteiger partial charge in [0.1, 0.15) is 0 Å². The molecule has 2 N–H and O–H groups in total. The molecule has 0 saturated carbocycles. The van der Waals surface area contributed by atoms with Crippen LogP contribution in [-0.4, -0.2) is 18.0 Å². The minimum Gasteiger partial charge on any atom is -0.326 e. The minimum atomic E-state index is 0.156. The lowest BCUT2D eigenvalue weighted by atomic mass is 9.88. The Balaban J connectivity index is 1.61. The Bertz CT molecular complexity index is 482. The highest BCUT2D eigenvalue weighted by Crippen LogP contribution is 2.34. The van der Waals surface area contributed by atoms with E-state index in [0.29, 0.717) is 18.0 Å². The van der Waals surface area contributed by atoms with E-state index in [1.807, 2.05) is 12.1 Å². The summed E-state index contributed by atoms with van der Waals surface area (Å²) < 4.78 is 0. The van der Waals surface area contributed by atoms with Gasteiger partial charge in [-0.25, -0.2) is 0 Å². The van der Waals surface area contributed by atoms with Gasteiger partial charge in [-0.3, -0.25) is 4.79 Å². The lowest BCUT2D eigenvalue weighted by Gasteiger charge is -2.19. The van der Waals surface area contributed by atoms with Crippen LogP contribution >= 0.6 is 0 Å². The van der Waals surface area contributed by atoms with E-state index in [1.165, 1.54) is 12.0 Å². The summed E-state index contributed by atoms with van der Waals surface area (Å²) in [5.41, 5.74) is 2.26. The van der Waals surface area contributed by atoms with Gasteiger partial charge in [-0.05, 0) is 49.3 Å². The number of amides is 1.